The number of thiocarbonyl (C=S) groups is 1. The number of nitrogens with one attached hydrogen (secondary N) is 3. The predicted octanol–water partition coefficient (Wildman–Crippen LogP) is 6.28. The van der Waals surface area contributed by atoms with Crippen molar-refractivity contribution in [1.82, 2.24) is 0 Å². The quantitative estimate of drug-likeness (QED) is 0.278. The highest BCUT2D eigenvalue weighted by Gasteiger charge is 2.15. The van der Waals surface area contributed by atoms with Gasteiger partial charge in [0, 0.05) is 21.3 Å². The second-order valence-corrected chi connectivity index (χ2v) is 8.82. The monoisotopic (exact) mass is 471 g/mol. The van der Waals surface area contributed by atoms with Crippen LogP contribution in [0.3, 0.4) is 0 Å². The Balaban J connectivity index is 1.58. The van der Waals surface area contributed by atoms with Gasteiger partial charge in [0.05, 0.1) is 18.0 Å². The van der Waals surface area contributed by atoms with Crippen LogP contribution in [0.4, 0.5) is 17.1 Å². The molecule has 1 amide bonds. The summed E-state index contributed by atoms with van der Waals surface area (Å²) in [5, 5.41) is 9.98. The highest BCUT2D eigenvalue weighted by molar-refractivity contribution is 8.00. The lowest BCUT2D eigenvalue weighted by molar-refractivity contribution is -0.115. The molecule has 0 saturated carbocycles. The van der Waals surface area contributed by atoms with Crippen molar-refractivity contribution in [2.45, 2.75) is 17.1 Å². The first-order valence-electron chi connectivity index (χ1n) is 9.49. The van der Waals surface area contributed by atoms with Crippen molar-refractivity contribution < 1.29 is 9.53 Å². The van der Waals surface area contributed by atoms with E-state index in [1.807, 2.05) is 55.5 Å². The van der Waals surface area contributed by atoms with E-state index in [2.05, 4.69) is 16.0 Å². The maximum Gasteiger partial charge on any atom is 0.237 e. The van der Waals surface area contributed by atoms with Crippen molar-refractivity contribution in [1.29, 1.82) is 0 Å². The van der Waals surface area contributed by atoms with Gasteiger partial charge in [0.2, 0.25) is 5.91 Å². The van der Waals surface area contributed by atoms with Gasteiger partial charge in [0.25, 0.3) is 0 Å². The van der Waals surface area contributed by atoms with Crippen LogP contribution in [0.25, 0.3) is 0 Å². The van der Waals surface area contributed by atoms with Gasteiger partial charge in [-0.15, -0.1) is 11.8 Å². The molecule has 0 bridgehead atoms. The summed E-state index contributed by atoms with van der Waals surface area (Å²) in [7, 11) is 1.61. The van der Waals surface area contributed by atoms with Crippen LogP contribution >= 0.6 is 35.6 Å². The molecule has 5 nitrogen and oxygen atoms in total. The van der Waals surface area contributed by atoms with E-state index >= 15 is 0 Å². The first-order chi connectivity index (χ1) is 14.9. The first kappa shape index (κ1) is 22.9. The zero-order chi connectivity index (χ0) is 22.2. The number of anilines is 3. The lowest BCUT2D eigenvalue weighted by Gasteiger charge is -2.15. The lowest BCUT2D eigenvalue weighted by Crippen LogP contribution is -2.22. The van der Waals surface area contributed by atoms with Gasteiger partial charge in [0.15, 0.2) is 5.11 Å². The zero-order valence-corrected chi connectivity index (χ0v) is 19.4. The topological polar surface area (TPSA) is 62.4 Å². The summed E-state index contributed by atoms with van der Waals surface area (Å²) in [5.41, 5.74) is 2.31. The number of ether oxygens (including phenoxy) is 1. The summed E-state index contributed by atoms with van der Waals surface area (Å²) < 4.78 is 5.33. The molecule has 8 heteroatoms. The van der Waals surface area contributed by atoms with Crippen molar-refractivity contribution in [2.24, 2.45) is 0 Å². The molecule has 0 aromatic heterocycles. The number of carbonyl (C=O) groups is 1. The summed E-state index contributed by atoms with van der Waals surface area (Å²) in [6.07, 6.45) is 0. The number of benzene rings is 3. The third kappa shape index (κ3) is 6.89. The Morgan fingerprint density at radius 2 is 1.71 bits per heavy atom. The van der Waals surface area contributed by atoms with E-state index in [-0.39, 0.29) is 11.2 Å². The van der Waals surface area contributed by atoms with Crippen molar-refractivity contribution in [3.8, 4) is 5.75 Å². The van der Waals surface area contributed by atoms with Gasteiger partial charge in [-0.2, -0.15) is 0 Å². The number of hydrogen-bond donors (Lipinski definition) is 3. The summed E-state index contributed by atoms with van der Waals surface area (Å²) in [4.78, 5) is 13.5. The predicted molar refractivity (Wildman–Crippen MR) is 135 cm³/mol. The van der Waals surface area contributed by atoms with Gasteiger partial charge >= 0.3 is 0 Å². The Bertz CT molecular complexity index is 1060. The Labute approximate surface area is 196 Å². The fourth-order valence-corrected chi connectivity index (χ4v) is 3.99. The van der Waals surface area contributed by atoms with E-state index in [9.17, 15) is 4.79 Å². The fraction of sp³-hybridized carbons (Fsp3) is 0.130. The average molecular weight is 472 g/mol. The Morgan fingerprint density at radius 1 is 0.968 bits per heavy atom. The second kappa shape index (κ2) is 11.0. The molecular weight excluding hydrogens is 450 g/mol. The summed E-state index contributed by atoms with van der Waals surface area (Å²) in [6, 6.07) is 22.3. The van der Waals surface area contributed by atoms with Crippen LogP contribution in [0, 0.1) is 0 Å². The number of thioether (sulfide) groups is 1. The molecule has 3 rings (SSSR count). The molecular formula is C23H22ClN3O2S2. The Kier molecular flexibility index (Phi) is 8.17. The average Bonchev–Trinajstić information content (AvgIpc) is 2.76. The standard InChI is InChI=1S/C23H22ClN3O2S2/c1-15(22(28)25-17-12-10-16(24)11-13-17)31-19-7-5-6-18(14-19)26-23(30)27-20-8-3-4-9-21(20)29-2/h3-15H,1-2H3,(H,25,28)(H2,26,27,30). The van der Waals surface area contributed by atoms with Crippen molar-refractivity contribution in [2.75, 3.05) is 23.1 Å². The number of carbonyl (C=O) groups excluding carboxylic acids is 1. The van der Waals surface area contributed by atoms with Crippen LogP contribution in [-0.2, 0) is 4.79 Å². The van der Waals surface area contributed by atoms with E-state index in [0.29, 0.717) is 21.6 Å². The number of rotatable bonds is 7. The third-order valence-corrected chi connectivity index (χ3v) is 5.79. The molecule has 3 aromatic carbocycles. The van der Waals surface area contributed by atoms with Crippen LogP contribution in [0.1, 0.15) is 6.92 Å². The van der Waals surface area contributed by atoms with Gasteiger partial charge in [-0.05, 0) is 73.7 Å². The van der Waals surface area contributed by atoms with Gasteiger partial charge in [-0.25, -0.2) is 0 Å². The fourth-order valence-electron chi connectivity index (χ4n) is 2.71. The summed E-state index contributed by atoms with van der Waals surface area (Å²) >= 11 is 12.8. The van der Waals surface area contributed by atoms with Crippen molar-refractivity contribution in [3.05, 3.63) is 77.8 Å². The normalized spacial score (nSPS) is 11.3. The minimum Gasteiger partial charge on any atom is -0.495 e. The minimum atomic E-state index is -0.287. The van der Waals surface area contributed by atoms with Crippen molar-refractivity contribution >= 4 is 63.7 Å². The second-order valence-electron chi connectivity index (χ2n) is 6.56. The third-order valence-electron chi connectivity index (χ3n) is 4.24. The maximum atomic E-state index is 12.5. The van der Waals surface area contributed by atoms with E-state index in [1.165, 1.54) is 11.8 Å². The minimum absolute atomic E-state index is 0.0842. The first-order valence-corrected chi connectivity index (χ1v) is 11.2. The van der Waals surface area contributed by atoms with Gasteiger partial charge in [-0.3, -0.25) is 4.79 Å². The van der Waals surface area contributed by atoms with E-state index < -0.39 is 0 Å². The summed E-state index contributed by atoms with van der Waals surface area (Å²) in [6.45, 7) is 1.86. The number of para-hydroxylation sites is 2. The van der Waals surface area contributed by atoms with E-state index in [1.54, 1.807) is 31.4 Å². The molecule has 0 spiro atoms. The van der Waals surface area contributed by atoms with Crippen molar-refractivity contribution in [3.63, 3.8) is 0 Å². The molecule has 3 N–H and O–H groups in total. The largest absolute Gasteiger partial charge is 0.495 e. The molecule has 31 heavy (non-hydrogen) atoms. The number of hydrogen-bond acceptors (Lipinski definition) is 4. The molecule has 1 unspecified atom stereocenters. The molecule has 0 saturated heterocycles. The molecule has 0 aliphatic heterocycles. The van der Waals surface area contributed by atoms with Crippen LogP contribution in [0.15, 0.2) is 77.7 Å². The number of amides is 1. The Hall–Kier alpha value is -2.74. The van der Waals surface area contributed by atoms with Gasteiger partial charge < -0.3 is 20.7 Å². The zero-order valence-electron chi connectivity index (χ0n) is 17.0. The molecule has 160 valence electrons. The smallest absolute Gasteiger partial charge is 0.237 e. The molecule has 0 aliphatic rings. The molecule has 0 heterocycles. The SMILES string of the molecule is COc1ccccc1NC(=S)Nc1cccc(SC(C)C(=O)Nc2ccc(Cl)cc2)c1. The van der Waals surface area contributed by atoms with Gasteiger partial charge in [0.1, 0.15) is 5.75 Å². The van der Waals surface area contributed by atoms with Crippen LogP contribution in [0.5, 0.6) is 5.75 Å². The number of methoxy groups -OCH3 is 1. The van der Waals surface area contributed by atoms with Crippen LogP contribution in [0.2, 0.25) is 5.02 Å². The van der Waals surface area contributed by atoms with E-state index in [0.717, 1.165) is 16.3 Å². The van der Waals surface area contributed by atoms with Gasteiger partial charge in [-0.1, -0.05) is 29.8 Å². The molecule has 0 aliphatic carbocycles. The maximum absolute atomic E-state index is 12.5. The lowest BCUT2D eigenvalue weighted by atomic mass is 10.3. The van der Waals surface area contributed by atoms with Crippen LogP contribution in [-0.4, -0.2) is 23.4 Å². The van der Waals surface area contributed by atoms with Crippen LogP contribution < -0.4 is 20.7 Å². The molecule has 3 aromatic rings. The molecule has 0 fully saturated rings. The Morgan fingerprint density at radius 3 is 2.45 bits per heavy atom. The molecule has 0 radical (unpaired) electrons. The highest BCUT2D eigenvalue weighted by Crippen LogP contribution is 2.27. The number of halogens is 1. The molecule has 1 atom stereocenters. The van der Waals surface area contributed by atoms with E-state index in [4.69, 9.17) is 28.6 Å². The highest BCUT2D eigenvalue weighted by atomic mass is 35.5. The summed E-state index contributed by atoms with van der Waals surface area (Å²) in [5.74, 6) is 0.621.